The number of rotatable bonds is 4. The van der Waals surface area contributed by atoms with Gasteiger partial charge in [-0.1, -0.05) is 0 Å². The number of nitriles is 1. The molecule has 21 heavy (non-hydrogen) atoms. The molecule has 1 atom stereocenters. The van der Waals surface area contributed by atoms with Crippen molar-refractivity contribution in [1.29, 1.82) is 5.26 Å². The van der Waals surface area contributed by atoms with Crippen molar-refractivity contribution in [1.82, 2.24) is 0 Å². The van der Waals surface area contributed by atoms with Crippen molar-refractivity contribution in [3.8, 4) is 6.07 Å². The van der Waals surface area contributed by atoms with E-state index in [9.17, 15) is 10.1 Å². The number of ether oxygens (including phenoxy) is 1. The molecule has 6 heteroatoms. The van der Waals surface area contributed by atoms with Crippen LogP contribution in [0.1, 0.15) is 46.5 Å². The first-order chi connectivity index (χ1) is 9.94. The van der Waals surface area contributed by atoms with Gasteiger partial charge in [0, 0.05) is 18.4 Å². The second-order valence-electron chi connectivity index (χ2n) is 6.24. The minimum Gasteiger partial charge on any atom is -0.390 e. The van der Waals surface area contributed by atoms with Crippen molar-refractivity contribution in [3.05, 3.63) is 16.0 Å². The molecule has 5 nitrogen and oxygen atoms in total. The maximum absolute atomic E-state index is 11.5. The first-order valence-corrected chi connectivity index (χ1v) is 7.92. The molecule has 2 aliphatic carbocycles. The summed E-state index contributed by atoms with van der Waals surface area (Å²) in [6, 6.07) is 2.52. The molecule has 1 saturated carbocycles. The van der Waals surface area contributed by atoms with Crippen molar-refractivity contribution >= 4 is 22.2 Å². The van der Waals surface area contributed by atoms with Crippen LogP contribution in [0.25, 0.3) is 0 Å². The van der Waals surface area contributed by atoms with E-state index in [1.807, 2.05) is 0 Å². The van der Waals surface area contributed by atoms with E-state index in [0.717, 1.165) is 36.1 Å². The zero-order valence-corrected chi connectivity index (χ0v) is 12.9. The number of thiophene rings is 1. The van der Waals surface area contributed by atoms with Crippen LogP contribution in [0, 0.1) is 16.7 Å². The maximum Gasteiger partial charge on any atom is 0.251 e. The zero-order valence-electron chi connectivity index (χ0n) is 12.1. The molecule has 2 aliphatic rings. The van der Waals surface area contributed by atoms with E-state index < -0.39 is 11.3 Å². The predicted octanol–water partition coefficient (Wildman–Crippen LogP) is 2.00. The summed E-state index contributed by atoms with van der Waals surface area (Å²) in [5, 5.41) is 10.2. The van der Waals surface area contributed by atoms with Crippen LogP contribution >= 0.6 is 11.3 Å². The lowest BCUT2D eigenvalue weighted by Crippen LogP contribution is -2.33. The SMILES string of the molecule is COC1(CC2(C#N)CCc3c(sc(N)c3C(N)=O)C2)CC1. The van der Waals surface area contributed by atoms with Crippen molar-refractivity contribution in [2.75, 3.05) is 12.8 Å². The molecule has 1 aromatic rings. The zero-order chi connectivity index (χ0) is 15.3. The molecular weight excluding hydrogens is 286 g/mol. The number of nitrogen functional groups attached to an aromatic ring is 1. The quantitative estimate of drug-likeness (QED) is 0.888. The molecule has 0 bridgehead atoms. The number of carbonyl (C=O) groups is 1. The van der Waals surface area contributed by atoms with Gasteiger partial charge in [-0.05, 0) is 37.7 Å². The molecule has 112 valence electrons. The van der Waals surface area contributed by atoms with Gasteiger partial charge in [-0.15, -0.1) is 11.3 Å². The van der Waals surface area contributed by atoms with Gasteiger partial charge in [0.15, 0.2) is 0 Å². The van der Waals surface area contributed by atoms with Crippen LogP contribution < -0.4 is 11.5 Å². The normalized spacial score (nSPS) is 25.9. The smallest absolute Gasteiger partial charge is 0.251 e. The molecule has 0 spiro atoms. The third-order valence-electron chi connectivity index (χ3n) is 4.86. The number of nitrogens with two attached hydrogens (primary N) is 2. The van der Waals surface area contributed by atoms with E-state index in [-0.39, 0.29) is 5.60 Å². The van der Waals surface area contributed by atoms with Gasteiger partial charge in [0.1, 0.15) is 0 Å². The monoisotopic (exact) mass is 305 g/mol. The van der Waals surface area contributed by atoms with Crippen molar-refractivity contribution in [2.24, 2.45) is 11.1 Å². The number of nitrogens with zero attached hydrogens (tertiary/aromatic N) is 1. The molecule has 1 amide bonds. The molecule has 3 rings (SSSR count). The van der Waals surface area contributed by atoms with Gasteiger partial charge in [-0.2, -0.15) is 5.26 Å². The summed E-state index contributed by atoms with van der Waals surface area (Å²) in [5.41, 5.74) is 12.3. The number of methoxy groups -OCH3 is 1. The first-order valence-electron chi connectivity index (χ1n) is 7.10. The van der Waals surface area contributed by atoms with E-state index in [1.165, 1.54) is 11.3 Å². The average molecular weight is 305 g/mol. The summed E-state index contributed by atoms with van der Waals surface area (Å²) >= 11 is 1.40. The molecule has 0 aliphatic heterocycles. The van der Waals surface area contributed by atoms with Crippen LogP contribution in [-0.4, -0.2) is 18.6 Å². The predicted molar refractivity (Wildman–Crippen MR) is 80.9 cm³/mol. The number of carbonyl (C=O) groups excluding carboxylic acids is 1. The second-order valence-corrected chi connectivity index (χ2v) is 7.38. The fourth-order valence-electron chi connectivity index (χ4n) is 3.47. The van der Waals surface area contributed by atoms with Crippen LogP contribution in [0.15, 0.2) is 0 Å². The van der Waals surface area contributed by atoms with Gasteiger partial charge in [-0.25, -0.2) is 0 Å². The van der Waals surface area contributed by atoms with E-state index in [0.29, 0.717) is 23.4 Å². The highest BCUT2D eigenvalue weighted by Crippen LogP contribution is 2.52. The van der Waals surface area contributed by atoms with Crippen LogP contribution in [-0.2, 0) is 17.6 Å². The topological polar surface area (TPSA) is 102 Å². The lowest BCUT2D eigenvalue weighted by molar-refractivity contribution is 0.0413. The molecular formula is C15H19N3O2S. The third kappa shape index (κ3) is 2.30. The highest BCUT2D eigenvalue weighted by molar-refractivity contribution is 7.16. The third-order valence-corrected chi connectivity index (χ3v) is 5.92. The lowest BCUT2D eigenvalue weighted by Gasteiger charge is -2.33. The number of amides is 1. The molecule has 4 N–H and O–H groups in total. The number of fused-ring (bicyclic) bond motifs is 1. The van der Waals surface area contributed by atoms with Crippen LogP contribution in [0.3, 0.4) is 0 Å². The highest BCUT2D eigenvalue weighted by atomic mass is 32.1. The Hall–Kier alpha value is -1.58. The van der Waals surface area contributed by atoms with Crippen molar-refractivity contribution in [2.45, 2.75) is 44.1 Å². The lowest BCUT2D eigenvalue weighted by atomic mass is 9.71. The van der Waals surface area contributed by atoms with Gasteiger partial charge >= 0.3 is 0 Å². The molecule has 0 saturated heterocycles. The van der Waals surface area contributed by atoms with E-state index in [2.05, 4.69) is 6.07 Å². The minimum atomic E-state index is -0.468. The van der Waals surface area contributed by atoms with Gasteiger partial charge in [0.2, 0.25) is 0 Å². The van der Waals surface area contributed by atoms with Crippen LogP contribution in [0.4, 0.5) is 5.00 Å². The van der Waals surface area contributed by atoms with Gasteiger partial charge in [0.05, 0.1) is 27.6 Å². The van der Waals surface area contributed by atoms with E-state index >= 15 is 0 Å². The average Bonchev–Trinajstić information content (AvgIpc) is 3.13. The van der Waals surface area contributed by atoms with Gasteiger partial charge < -0.3 is 16.2 Å². The molecule has 0 aromatic carbocycles. The Morgan fingerprint density at radius 1 is 1.48 bits per heavy atom. The molecule has 1 fully saturated rings. The molecule has 1 aromatic heterocycles. The minimum absolute atomic E-state index is 0.109. The van der Waals surface area contributed by atoms with Crippen molar-refractivity contribution in [3.63, 3.8) is 0 Å². The molecule has 1 unspecified atom stereocenters. The summed E-state index contributed by atoms with van der Waals surface area (Å²) in [6.07, 6.45) is 4.88. The largest absolute Gasteiger partial charge is 0.390 e. The number of primary amides is 1. The summed E-state index contributed by atoms with van der Waals surface area (Å²) < 4.78 is 5.59. The van der Waals surface area contributed by atoms with Crippen LogP contribution in [0.2, 0.25) is 0 Å². The van der Waals surface area contributed by atoms with E-state index in [1.54, 1.807) is 7.11 Å². The fraction of sp³-hybridized carbons (Fsp3) is 0.600. The summed E-state index contributed by atoms with van der Waals surface area (Å²) in [7, 11) is 1.72. The summed E-state index contributed by atoms with van der Waals surface area (Å²) in [4.78, 5) is 12.6. The van der Waals surface area contributed by atoms with Gasteiger partial charge in [-0.3, -0.25) is 4.79 Å². The summed E-state index contributed by atoms with van der Waals surface area (Å²) in [6.45, 7) is 0. The van der Waals surface area contributed by atoms with E-state index in [4.69, 9.17) is 16.2 Å². The fourth-order valence-corrected chi connectivity index (χ4v) is 4.73. The Morgan fingerprint density at radius 3 is 2.71 bits per heavy atom. The van der Waals surface area contributed by atoms with Crippen molar-refractivity contribution < 1.29 is 9.53 Å². The first kappa shape index (κ1) is 14.4. The highest BCUT2D eigenvalue weighted by Gasteiger charge is 2.51. The molecule has 0 radical (unpaired) electrons. The number of anilines is 1. The second kappa shape index (κ2) is 4.72. The number of hydrogen-bond acceptors (Lipinski definition) is 5. The molecule has 1 heterocycles. The Kier molecular flexibility index (Phi) is 3.23. The van der Waals surface area contributed by atoms with Crippen LogP contribution in [0.5, 0.6) is 0 Å². The summed E-state index contributed by atoms with van der Waals surface area (Å²) in [5.74, 6) is -0.468. The maximum atomic E-state index is 11.5. The standard InChI is InChI=1S/C15H19N3O2S/c1-20-15(4-5-15)7-14(8-16)3-2-9-10(6-14)21-13(18)11(9)12(17)19/h2-7,18H2,1H3,(H2,17,19). The number of hydrogen-bond donors (Lipinski definition) is 2. The van der Waals surface area contributed by atoms with Gasteiger partial charge in [0.25, 0.3) is 5.91 Å². The Morgan fingerprint density at radius 2 is 2.19 bits per heavy atom. The Bertz CT molecular complexity index is 642. The Balaban J connectivity index is 1.91. The Labute approximate surface area is 127 Å².